The number of fused-ring (bicyclic) bond motifs is 1. The Hall–Kier alpha value is -1.55. The lowest BCUT2D eigenvalue weighted by Gasteiger charge is -2.62. The molecule has 1 saturated carbocycles. The topological polar surface area (TPSA) is 40.8 Å². The largest absolute Gasteiger partial charge is 0.390 e. The van der Waals surface area contributed by atoms with Gasteiger partial charge in [-0.15, -0.1) is 0 Å². The number of aryl methyl sites for hydroxylation is 1. The van der Waals surface area contributed by atoms with E-state index < -0.39 is 5.60 Å². The SMILES string of the molecule is Cc1cnn2ccc(N3CC4(C3)CC(C)(O)C4)cc12. The predicted molar refractivity (Wildman–Crippen MR) is 74.4 cm³/mol. The van der Waals surface area contributed by atoms with Crippen LogP contribution in [0.15, 0.2) is 24.5 Å². The fraction of sp³-hybridized carbons (Fsp3) is 0.533. The maximum absolute atomic E-state index is 9.89. The van der Waals surface area contributed by atoms with Crippen molar-refractivity contribution < 1.29 is 5.11 Å². The van der Waals surface area contributed by atoms with Crippen molar-refractivity contribution in [3.8, 4) is 0 Å². The van der Waals surface area contributed by atoms with E-state index >= 15 is 0 Å². The number of aromatic nitrogens is 2. The summed E-state index contributed by atoms with van der Waals surface area (Å²) in [5.74, 6) is 0. The second-order valence-electron chi connectivity index (χ2n) is 6.75. The average molecular weight is 257 g/mol. The van der Waals surface area contributed by atoms with Crippen LogP contribution in [-0.2, 0) is 0 Å². The van der Waals surface area contributed by atoms with E-state index in [1.807, 2.05) is 23.8 Å². The molecule has 1 N–H and O–H groups in total. The number of aliphatic hydroxyl groups is 1. The Morgan fingerprint density at radius 2 is 2.05 bits per heavy atom. The van der Waals surface area contributed by atoms with Crippen molar-refractivity contribution in [1.29, 1.82) is 0 Å². The third-order valence-corrected chi connectivity index (χ3v) is 4.63. The molecule has 4 rings (SSSR count). The van der Waals surface area contributed by atoms with Crippen LogP contribution < -0.4 is 4.90 Å². The molecule has 1 spiro atoms. The van der Waals surface area contributed by atoms with Crippen LogP contribution in [0.3, 0.4) is 0 Å². The summed E-state index contributed by atoms with van der Waals surface area (Å²) in [5, 5.41) is 14.2. The zero-order valence-electron chi connectivity index (χ0n) is 11.4. The van der Waals surface area contributed by atoms with Crippen LogP contribution in [0.2, 0.25) is 0 Å². The fourth-order valence-corrected chi connectivity index (χ4v) is 4.02. The normalized spacial score (nSPS) is 23.4. The van der Waals surface area contributed by atoms with Crippen molar-refractivity contribution in [3.63, 3.8) is 0 Å². The standard InChI is InChI=1S/C15H19N3O/c1-11-6-16-18-4-3-12(5-13(11)18)17-9-15(10-17)7-14(2,19)8-15/h3-6,19H,7-10H2,1-2H3. The van der Waals surface area contributed by atoms with Crippen molar-refractivity contribution in [2.75, 3.05) is 18.0 Å². The van der Waals surface area contributed by atoms with E-state index in [1.54, 1.807) is 0 Å². The average Bonchev–Trinajstić information content (AvgIpc) is 2.64. The maximum Gasteiger partial charge on any atom is 0.0711 e. The van der Waals surface area contributed by atoms with E-state index in [-0.39, 0.29) is 0 Å². The number of anilines is 1. The molecular formula is C15H19N3O. The zero-order chi connectivity index (χ0) is 13.3. The molecule has 0 bridgehead atoms. The van der Waals surface area contributed by atoms with Gasteiger partial charge in [0.05, 0.1) is 17.3 Å². The minimum atomic E-state index is -0.419. The number of hydrogen-bond acceptors (Lipinski definition) is 3. The third-order valence-electron chi connectivity index (χ3n) is 4.63. The van der Waals surface area contributed by atoms with E-state index in [4.69, 9.17) is 0 Å². The number of nitrogens with zero attached hydrogens (tertiary/aromatic N) is 3. The molecule has 2 aromatic heterocycles. The van der Waals surface area contributed by atoms with Gasteiger partial charge in [0.15, 0.2) is 0 Å². The van der Waals surface area contributed by atoms with E-state index in [0.717, 1.165) is 25.9 Å². The van der Waals surface area contributed by atoms with Crippen LogP contribution in [0.5, 0.6) is 0 Å². The van der Waals surface area contributed by atoms with Gasteiger partial charge in [0.2, 0.25) is 0 Å². The molecule has 2 fully saturated rings. The van der Waals surface area contributed by atoms with Gasteiger partial charge in [0, 0.05) is 30.4 Å². The summed E-state index contributed by atoms with van der Waals surface area (Å²) in [4.78, 5) is 2.40. The lowest BCUT2D eigenvalue weighted by Crippen LogP contribution is -2.67. The molecule has 0 unspecified atom stereocenters. The lowest BCUT2D eigenvalue weighted by atomic mass is 9.56. The van der Waals surface area contributed by atoms with Crippen LogP contribution in [0.25, 0.3) is 5.52 Å². The molecule has 4 nitrogen and oxygen atoms in total. The van der Waals surface area contributed by atoms with Crippen LogP contribution in [0.1, 0.15) is 25.3 Å². The highest BCUT2D eigenvalue weighted by atomic mass is 16.3. The first-order valence-electron chi connectivity index (χ1n) is 6.88. The monoisotopic (exact) mass is 257 g/mol. The Morgan fingerprint density at radius 3 is 2.74 bits per heavy atom. The van der Waals surface area contributed by atoms with Crippen molar-refractivity contribution in [2.24, 2.45) is 5.41 Å². The minimum absolute atomic E-state index is 0.380. The smallest absolute Gasteiger partial charge is 0.0711 e. The molecule has 1 aliphatic heterocycles. The van der Waals surface area contributed by atoms with Gasteiger partial charge in [-0.2, -0.15) is 5.10 Å². The Bertz CT molecular complexity index is 642. The molecule has 19 heavy (non-hydrogen) atoms. The third kappa shape index (κ3) is 1.59. The van der Waals surface area contributed by atoms with E-state index in [2.05, 4.69) is 29.1 Å². The van der Waals surface area contributed by atoms with Crippen molar-refractivity contribution in [3.05, 3.63) is 30.1 Å². The maximum atomic E-state index is 9.89. The second-order valence-corrected chi connectivity index (χ2v) is 6.75. The first kappa shape index (κ1) is 11.3. The Morgan fingerprint density at radius 1 is 1.32 bits per heavy atom. The number of pyridine rings is 1. The first-order valence-corrected chi connectivity index (χ1v) is 6.88. The fourth-order valence-electron chi connectivity index (χ4n) is 4.02. The Kier molecular flexibility index (Phi) is 1.97. The highest BCUT2D eigenvalue weighted by Gasteiger charge is 2.57. The Balaban J connectivity index is 1.55. The van der Waals surface area contributed by atoms with Crippen LogP contribution >= 0.6 is 0 Å². The zero-order valence-corrected chi connectivity index (χ0v) is 11.4. The van der Waals surface area contributed by atoms with Crippen LogP contribution in [0.4, 0.5) is 5.69 Å². The molecule has 0 aromatic carbocycles. The minimum Gasteiger partial charge on any atom is -0.390 e. The van der Waals surface area contributed by atoms with Gasteiger partial charge in [0.1, 0.15) is 0 Å². The predicted octanol–water partition coefficient (Wildman–Crippen LogP) is 1.99. The van der Waals surface area contributed by atoms with E-state index in [0.29, 0.717) is 5.41 Å². The summed E-state index contributed by atoms with van der Waals surface area (Å²) in [5.41, 5.74) is 3.62. The molecule has 2 aliphatic rings. The molecule has 0 amide bonds. The molecular weight excluding hydrogens is 238 g/mol. The molecule has 2 aromatic rings. The van der Waals surface area contributed by atoms with Crippen molar-refractivity contribution in [1.82, 2.24) is 9.61 Å². The second kappa shape index (κ2) is 3.31. The van der Waals surface area contributed by atoms with Gasteiger partial charge in [-0.25, -0.2) is 4.52 Å². The summed E-state index contributed by atoms with van der Waals surface area (Å²) in [7, 11) is 0. The molecule has 3 heterocycles. The van der Waals surface area contributed by atoms with Gasteiger partial charge in [-0.1, -0.05) is 0 Å². The molecule has 1 aliphatic carbocycles. The number of hydrogen-bond donors (Lipinski definition) is 1. The molecule has 1 saturated heterocycles. The van der Waals surface area contributed by atoms with Gasteiger partial charge >= 0.3 is 0 Å². The first-order chi connectivity index (χ1) is 8.96. The highest BCUT2D eigenvalue weighted by molar-refractivity contribution is 5.64. The molecule has 0 radical (unpaired) electrons. The lowest BCUT2D eigenvalue weighted by molar-refractivity contribution is -0.126. The highest BCUT2D eigenvalue weighted by Crippen LogP contribution is 2.54. The van der Waals surface area contributed by atoms with Crippen molar-refractivity contribution in [2.45, 2.75) is 32.3 Å². The molecule has 100 valence electrons. The van der Waals surface area contributed by atoms with Crippen LogP contribution in [-0.4, -0.2) is 33.4 Å². The van der Waals surface area contributed by atoms with Crippen LogP contribution in [0, 0.1) is 12.3 Å². The molecule has 0 atom stereocenters. The van der Waals surface area contributed by atoms with E-state index in [1.165, 1.54) is 16.8 Å². The molecule has 4 heteroatoms. The summed E-state index contributed by atoms with van der Waals surface area (Å²) in [6.45, 7) is 6.19. The van der Waals surface area contributed by atoms with E-state index in [9.17, 15) is 5.11 Å². The van der Waals surface area contributed by atoms with Gasteiger partial charge in [-0.05, 0) is 44.4 Å². The van der Waals surface area contributed by atoms with Gasteiger partial charge in [-0.3, -0.25) is 0 Å². The van der Waals surface area contributed by atoms with Gasteiger partial charge < -0.3 is 10.0 Å². The Labute approximate surface area is 112 Å². The summed E-state index contributed by atoms with van der Waals surface area (Å²) in [6.07, 6.45) is 5.83. The number of rotatable bonds is 1. The quantitative estimate of drug-likeness (QED) is 0.849. The van der Waals surface area contributed by atoms with Gasteiger partial charge in [0.25, 0.3) is 0 Å². The summed E-state index contributed by atoms with van der Waals surface area (Å²) >= 11 is 0. The summed E-state index contributed by atoms with van der Waals surface area (Å²) in [6, 6.07) is 4.34. The summed E-state index contributed by atoms with van der Waals surface area (Å²) < 4.78 is 1.92. The van der Waals surface area contributed by atoms with Crippen molar-refractivity contribution >= 4 is 11.2 Å².